The zero-order valence-corrected chi connectivity index (χ0v) is 14.0. The van der Waals surface area contributed by atoms with Crippen molar-refractivity contribution in [3.63, 3.8) is 0 Å². The average Bonchev–Trinajstić information content (AvgIpc) is 3.06. The first-order valence-corrected chi connectivity index (χ1v) is 7.33. The molecule has 2 aromatic rings. The van der Waals surface area contributed by atoms with Crippen LogP contribution >= 0.6 is 12.4 Å². The van der Waals surface area contributed by atoms with Crippen LogP contribution in [0.5, 0.6) is 5.75 Å². The van der Waals surface area contributed by atoms with Crippen molar-refractivity contribution in [3.8, 4) is 18.1 Å². The number of nitrogens with zero attached hydrogens (tertiary/aromatic N) is 1. The molecule has 6 heteroatoms. The van der Waals surface area contributed by atoms with E-state index in [9.17, 15) is 4.79 Å². The summed E-state index contributed by atoms with van der Waals surface area (Å²) in [6, 6.07) is 6.03. The van der Waals surface area contributed by atoms with Gasteiger partial charge in [-0.2, -0.15) is 0 Å². The number of hydrogen-bond donors (Lipinski definition) is 2. The molecule has 1 amide bonds. The highest BCUT2D eigenvalue weighted by Gasteiger charge is 2.28. The molecule has 0 saturated heterocycles. The zero-order valence-electron chi connectivity index (χ0n) is 13.2. The van der Waals surface area contributed by atoms with Crippen LogP contribution in [0.15, 0.2) is 18.2 Å². The van der Waals surface area contributed by atoms with Gasteiger partial charge in [0, 0.05) is 36.7 Å². The summed E-state index contributed by atoms with van der Waals surface area (Å²) in [5.41, 5.74) is 3.73. The third-order valence-electron chi connectivity index (χ3n) is 4.20. The van der Waals surface area contributed by atoms with Crippen LogP contribution in [0.3, 0.4) is 0 Å². The molecular weight excluding hydrogens is 314 g/mol. The molecule has 0 spiro atoms. The van der Waals surface area contributed by atoms with Crippen LogP contribution in [-0.4, -0.2) is 24.3 Å². The summed E-state index contributed by atoms with van der Waals surface area (Å²) in [6.45, 7) is 0.566. The Balaban J connectivity index is 0.00000192. The molecule has 1 unspecified atom stereocenters. The van der Waals surface area contributed by atoms with Crippen molar-refractivity contribution in [2.24, 2.45) is 7.05 Å². The van der Waals surface area contributed by atoms with E-state index >= 15 is 0 Å². The largest absolute Gasteiger partial charge is 0.412 e. The number of nitrogens with one attached hydrogen (secondary N) is 2. The van der Waals surface area contributed by atoms with Gasteiger partial charge in [0.2, 0.25) is 0 Å². The minimum absolute atomic E-state index is 0. The second-order valence-corrected chi connectivity index (χ2v) is 5.42. The number of hydrogen-bond acceptors (Lipinski definition) is 3. The average molecular weight is 334 g/mol. The van der Waals surface area contributed by atoms with Gasteiger partial charge in [0.25, 0.3) is 0 Å². The topological polar surface area (TPSA) is 55.3 Å². The Labute approximate surface area is 141 Å². The van der Waals surface area contributed by atoms with E-state index in [1.807, 2.05) is 18.2 Å². The fourth-order valence-corrected chi connectivity index (χ4v) is 3.25. The van der Waals surface area contributed by atoms with E-state index in [4.69, 9.17) is 11.2 Å². The van der Waals surface area contributed by atoms with E-state index in [0.29, 0.717) is 12.3 Å². The van der Waals surface area contributed by atoms with E-state index in [1.54, 1.807) is 7.05 Å². The highest BCUT2D eigenvalue weighted by Crippen LogP contribution is 2.39. The lowest BCUT2D eigenvalue weighted by Gasteiger charge is -2.13. The van der Waals surface area contributed by atoms with Gasteiger partial charge < -0.3 is 14.6 Å². The Kier molecular flexibility index (Phi) is 5.19. The van der Waals surface area contributed by atoms with Gasteiger partial charge in [0.05, 0.1) is 6.54 Å². The first kappa shape index (κ1) is 17.2. The second kappa shape index (κ2) is 6.95. The summed E-state index contributed by atoms with van der Waals surface area (Å²) < 4.78 is 7.43. The Morgan fingerprint density at radius 1 is 1.52 bits per heavy atom. The van der Waals surface area contributed by atoms with E-state index in [-0.39, 0.29) is 18.4 Å². The van der Waals surface area contributed by atoms with Crippen LogP contribution in [-0.2, 0) is 13.5 Å². The molecule has 5 nitrogen and oxygen atoms in total. The Morgan fingerprint density at radius 3 is 3.00 bits per heavy atom. The number of aryl methyl sites for hydroxylation is 2. The number of rotatable bonds is 3. The van der Waals surface area contributed by atoms with Crippen LogP contribution in [0.25, 0.3) is 10.9 Å². The maximum absolute atomic E-state index is 11.4. The predicted octanol–water partition coefficient (Wildman–Crippen LogP) is 2.53. The normalized spacial score (nSPS) is 15.6. The molecule has 1 aliphatic rings. The number of carbonyl (C=O) groups excluding carboxylic acids is 1. The minimum atomic E-state index is -0.458. The summed E-state index contributed by atoms with van der Waals surface area (Å²) in [6.07, 6.45) is 6.92. The Hall–Kier alpha value is -2.16. The standard InChI is InChI=1S/C17H19N3O2.ClH/c1-4-9-19-14-7-6-12-13-10-11(22-17(21)18-2)5-8-15(13)20(3)16(12)14;/h1,5,8,10,14,19H,6-7,9H2,2-3H3,(H,18,21);1H. The summed E-state index contributed by atoms with van der Waals surface area (Å²) in [4.78, 5) is 11.4. The lowest BCUT2D eigenvalue weighted by atomic mass is 10.1. The van der Waals surface area contributed by atoms with Gasteiger partial charge in [-0.3, -0.25) is 5.32 Å². The summed E-state index contributed by atoms with van der Waals surface area (Å²) in [7, 11) is 3.61. The van der Waals surface area contributed by atoms with Gasteiger partial charge in [0.1, 0.15) is 5.75 Å². The van der Waals surface area contributed by atoms with Gasteiger partial charge in [0.15, 0.2) is 0 Å². The van der Waals surface area contributed by atoms with Gasteiger partial charge >= 0.3 is 6.09 Å². The van der Waals surface area contributed by atoms with Gasteiger partial charge in [-0.25, -0.2) is 4.79 Å². The van der Waals surface area contributed by atoms with Crippen molar-refractivity contribution in [1.29, 1.82) is 0 Å². The molecule has 0 fully saturated rings. The third kappa shape index (κ3) is 3.00. The maximum atomic E-state index is 11.4. The van der Waals surface area contributed by atoms with Gasteiger partial charge in [-0.15, -0.1) is 18.8 Å². The van der Waals surface area contributed by atoms with Crippen LogP contribution < -0.4 is 15.4 Å². The fraction of sp³-hybridized carbons (Fsp3) is 0.353. The molecule has 1 aromatic carbocycles. The smallest absolute Gasteiger partial charge is 0.410 e. The first-order chi connectivity index (χ1) is 10.7. The van der Waals surface area contributed by atoms with Gasteiger partial charge in [-0.05, 0) is 36.6 Å². The molecule has 23 heavy (non-hydrogen) atoms. The van der Waals surface area contributed by atoms with E-state index in [0.717, 1.165) is 23.7 Å². The third-order valence-corrected chi connectivity index (χ3v) is 4.20. The molecule has 0 saturated carbocycles. The lowest BCUT2D eigenvalue weighted by molar-refractivity contribution is 0.203. The molecular formula is C17H20ClN3O2. The van der Waals surface area contributed by atoms with Crippen molar-refractivity contribution >= 4 is 29.4 Å². The molecule has 122 valence electrons. The molecule has 1 aliphatic carbocycles. The van der Waals surface area contributed by atoms with Crippen molar-refractivity contribution in [1.82, 2.24) is 15.2 Å². The number of amides is 1. The number of carbonyl (C=O) groups is 1. The zero-order chi connectivity index (χ0) is 15.7. The van der Waals surface area contributed by atoms with Crippen LogP contribution in [0.4, 0.5) is 4.79 Å². The van der Waals surface area contributed by atoms with E-state index in [2.05, 4.69) is 28.2 Å². The van der Waals surface area contributed by atoms with Crippen molar-refractivity contribution in [2.75, 3.05) is 13.6 Å². The first-order valence-electron chi connectivity index (χ1n) is 7.33. The lowest BCUT2D eigenvalue weighted by Crippen LogP contribution is -2.22. The molecule has 1 atom stereocenters. The number of halogens is 1. The van der Waals surface area contributed by atoms with E-state index in [1.165, 1.54) is 11.3 Å². The Morgan fingerprint density at radius 2 is 2.30 bits per heavy atom. The number of fused-ring (bicyclic) bond motifs is 3. The maximum Gasteiger partial charge on any atom is 0.412 e. The monoisotopic (exact) mass is 333 g/mol. The van der Waals surface area contributed by atoms with Crippen molar-refractivity contribution in [3.05, 3.63) is 29.5 Å². The summed E-state index contributed by atoms with van der Waals surface area (Å²) in [5.74, 6) is 3.19. The van der Waals surface area contributed by atoms with Crippen molar-refractivity contribution < 1.29 is 9.53 Å². The van der Waals surface area contributed by atoms with Crippen LogP contribution in [0.2, 0.25) is 0 Å². The Bertz CT molecular complexity index is 776. The van der Waals surface area contributed by atoms with Crippen molar-refractivity contribution in [2.45, 2.75) is 18.9 Å². The molecule has 1 heterocycles. The molecule has 3 rings (SSSR count). The number of terminal acetylenes is 1. The molecule has 0 bridgehead atoms. The highest BCUT2D eigenvalue weighted by molar-refractivity contribution is 5.88. The minimum Gasteiger partial charge on any atom is -0.410 e. The van der Waals surface area contributed by atoms with Crippen LogP contribution in [0, 0.1) is 12.3 Å². The fourth-order valence-electron chi connectivity index (χ4n) is 3.25. The molecule has 0 radical (unpaired) electrons. The molecule has 1 aromatic heterocycles. The van der Waals surface area contributed by atoms with E-state index < -0.39 is 6.09 Å². The quantitative estimate of drug-likeness (QED) is 0.849. The second-order valence-electron chi connectivity index (χ2n) is 5.42. The molecule has 0 aliphatic heterocycles. The number of benzene rings is 1. The summed E-state index contributed by atoms with van der Waals surface area (Å²) in [5, 5.41) is 6.99. The highest BCUT2D eigenvalue weighted by atomic mass is 35.5. The SMILES string of the molecule is C#CCNC1CCc2c1n(C)c1ccc(OC(=O)NC)cc21.Cl. The number of aromatic nitrogens is 1. The number of ether oxygens (including phenoxy) is 1. The predicted molar refractivity (Wildman–Crippen MR) is 93.1 cm³/mol. The molecule has 2 N–H and O–H groups in total. The van der Waals surface area contributed by atoms with Crippen LogP contribution in [0.1, 0.15) is 23.7 Å². The van der Waals surface area contributed by atoms with Gasteiger partial charge in [-0.1, -0.05) is 5.92 Å². The summed E-state index contributed by atoms with van der Waals surface area (Å²) >= 11 is 0.